The van der Waals surface area contributed by atoms with Crippen molar-refractivity contribution in [1.82, 2.24) is 20.1 Å². The Hall–Kier alpha value is -2.99. The molecule has 2 aromatic heterocycles. The van der Waals surface area contributed by atoms with Crippen LogP contribution in [0.1, 0.15) is 17.0 Å². The van der Waals surface area contributed by atoms with Crippen LogP contribution < -0.4 is 10.5 Å². The second kappa shape index (κ2) is 6.86. The lowest BCUT2D eigenvalue weighted by atomic mass is 10.0. The number of nitrogens with zero attached hydrogens (tertiary/aromatic N) is 4. The van der Waals surface area contributed by atoms with E-state index < -0.39 is 0 Å². The van der Waals surface area contributed by atoms with E-state index in [1.54, 1.807) is 6.20 Å². The van der Waals surface area contributed by atoms with E-state index in [-0.39, 0.29) is 0 Å². The van der Waals surface area contributed by atoms with Crippen LogP contribution in [0.5, 0.6) is 11.6 Å². The molecule has 1 aliphatic rings. The zero-order valence-electron chi connectivity index (χ0n) is 13.8. The van der Waals surface area contributed by atoms with Crippen LogP contribution in [0, 0.1) is 0 Å². The Morgan fingerprint density at radius 2 is 1.92 bits per heavy atom. The summed E-state index contributed by atoms with van der Waals surface area (Å²) in [5.74, 6) is 1.24. The first-order chi connectivity index (χ1) is 12.3. The standard InChI is InChI=1S/C19H19N5O/c20-17-8-10-21-18-9-11-24(13-16(17)18)12-14-6-7-19(23-22-14)25-15-4-2-1-3-5-15/h1-8,10H,9,11-13H2,(H2,20,21). The normalized spacial score (nSPS) is 14.1. The van der Waals surface area contributed by atoms with Gasteiger partial charge in [0.1, 0.15) is 5.75 Å². The third-order valence-electron chi connectivity index (χ3n) is 4.27. The Labute approximate surface area is 146 Å². The first-order valence-corrected chi connectivity index (χ1v) is 8.28. The molecule has 25 heavy (non-hydrogen) atoms. The summed E-state index contributed by atoms with van der Waals surface area (Å²) >= 11 is 0. The van der Waals surface area contributed by atoms with Crippen molar-refractivity contribution in [2.24, 2.45) is 0 Å². The Kier molecular flexibility index (Phi) is 4.26. The van der Waals surface area contributed by atoms with E-state index in [9.17, 15) is 0 Å². The predicted molar refractivity (Wildman–Crippen MR) is 95.0 cm³/mol. The first-order valence-electron chi connectivity index (χ1n) is 8.28. The van der Waals surface area contributed by atoms with Crippen LogP contribution in [0.15, 0.2) is 54.7 Å². The molecule has 126 valence electrons. The molecule has 0 aliphatic carbocycles. The molecule has 2 N–H and O–H groups in total. The van der Waals surface area contributed by atoms with E-state index in [1.807, 2.05) is 48.5 Å². The molecule has 0 bridgehead atoms. The monoisotopic (exact) mass is 333 g/mol. The highest BCUT2D eigenvalue weighted by Crippen LogP contribution is 2.23. The number of hydrogen-bond acceptors (Lipinski definition) is 6. The van der Waals surface area contributed by atoms with Crippen LogP contribution >= 0.6 is 0 Å². The van der Waals surface area contributed by atoms with Gasteiger partial charge in [-0.05, 0) is 24.3 Å². The van der Waals surface area contributed by atoms with E-state index in [0.29, 0.717) is 5.88 Å². The first kappa shape index (κ1) is 15.5. The van der Waals surface area contributed by atoms with Crippen LogP contribution in [0.2, 0.25) is 0 Å². The third kappa shape index (κ3) is 3.59. The number of nitrogens with two attached hydrogens (primary N) is 1. The quantitative estimate of drug-likeness (QED) is 0.791. The molecule has 0 unspecified atom stereocenters. The lowest BCUT2D eigenvalue weighted by Crippen LogP contribution is -2.31. The van der Waals surface area contributed by atoms with Gasteiger partial charge in [0.05, 0.1) is 5.69 Å². The SMILES string of the molecule is Nc1ccnc2c1CN(Cc1ccc(Oc3ccccc3)nn1)CC2. The summed E-state index contributed by atoms with van der Waals surface area (Å²) in [5, 5.41) is 8.45. The van der Waals surface area contributed by atoms with Gasteiger partial charge in [0.25, 0.3) is 0 Å². The van der Waals surface area contributed by atoms with Crippen molar-refractivity contribution in [3.8, 4) is 11.6 Å². The molecule has 6 heteroatoms. The Morgan fingerprint density at radius 1 is 1.04 bits per heavy atom. The maximum absolute atomic E-state index is 6.08. The van der Waals surface area contributed by atoms with Gasteiger partial charge < -0.3 is 10.5 Å². The smallest absolute Gasteiger partial charge is 0.238 e. The fraction of sp³-hybridized carbons (Fsp3) is 0.211. The zero-order valence-corrected chi connectivity index (χ0v) is 13.8. The second-order valence-corrected chi connectivity index (χ2v) is 6.06. The Bertz CT molecular complexity index is 851. The molecule has 0 atom stereocenters. The van der Waals surface area contributed by atoms with E-state index in [0.717, 1.165) is 54.4 Å². The summed E-state index contributed by atoms with van der Waals surface area (Å²) in [5.41, 5.74) is 10.0. The fourth-order valence-corrected chi connectivity index (χ4v) is 2.98. The van der Waals surface area contributed by atoms with Gasteiger partial charge in [0.2, 0.25) is 5.88 Å². The van der Waals surface area contributed by atoms with Gasteiger partial charge >= 0.3 is 0 Å². The van der Waals surface area contributed by atoms with Crippen LogP contribution in [0.4, 0.5) is 5.69 Å². The molecule has 0 saturated heterocycles. The van der Waals surface area contributed by atoms with Crippen molar-refractivity contribution in [1.29, 1.82) is 0 Å². The molecule has 3 aromatic rings. The molecule has 0 saturated carbocycles. The van der Waals surface area contributed by atoms with Crippen molar-refractivity contribution in [2.75, 3.05) is 12.3 Å². The van der Waals surface area contributed by atoms with Crippen LogP contribution in [0.3, 0.4) is 0 Å². The van der Waals surface area contributed by atoms with Crippen LogP contribution in [-0.4, -0.2) is 26.6 Å². The summed E-state index contributed by atoms with van der Waals surface area (Å²) in [7, 11) is 0. The van der Waals surface area contributed by atoms with Gasteiger partial charge in [-0.15, -0.1) is 5.10 Å². The molecule has 6 nitrogen and oxygen atoms in total. The number of benzene rings is 1. The molecule has 0 amide bonds. The van der Waals surface area contributed by atoms with Gasteiger partial charge in [-0.1, -0.05) is 18.2 Å². The van der Waals surface area contributed by atoms with Crippen molar-refractivity contribution in [2.45, 2.75) is 19.5 Å². The summed E-state index contributed by atoms with van der Waals surface area (Å²) in [6.45, 7) is 2.46. The van der Waals surface area contributed by atoms with E-state index in [2.05, 4.69) is 20.1 Å². The van der Waals surface area contributed by atoms with Gasteiger partial charge in [0.15, 0.2) is 0 Å². The van der Waals surface area contributed by atoms with Crippen molar-refractivity contribution in [3.63, 3.8) is 0 Å². The maximum atomic E-state index is 6.08. The minimum atomic E-state index is 0.493. The predicted octanol–water partition coefficient (Wildman–Crippen LogP) is 2.80. The number of para-hydroxylation sites is 1. The maximum Gasteiger partial charge on any atom is 0.238 e. The summed E-state index contributed by atoms with van der Waals surface area (Å²) in [4.78, 5) is 6.73. The molecular formula is C19H19N5O. The molecule has 3 heterocycles. The van der Waals surface area contributed by atoms with E-state index >= 15 is 0 Å². The number of fused-ring (bicyclic) bond motifs is 1. The number of nitrogen functional groups attached to an aromatic ring is 1. The van der Waals surface area contributed by atoms with Crippen LogP contribution in [-0.2, 0) is 19.5 Å². The Balaban J connectivity index is 1.41. The van der Waals surface area contributed by atoms with Gasteiger partial charge in [-0.25, -0.2) is 0 Å². The van der Waals surface area contributed by atoms with E-state index in [1.165, 1.54) is 0 Å². The molecule has 1 aromatic carbocycles. The lowest BCUT2D eigenvalue weighted by Gasteiger charge is -2.28. The minimum Gasteiger partial charge on any atom is -0.438 e. The molecule has 4 rings (SSSR count). The van der Waals surface area contributed by atoms with Crippen molar-refractivity contribution >= 4 is 5.69 Å². The minimum absolute atomic E-state index is 0.493. The average molecular weight is 333 g/mol. The highest BCUT2D eigenvalue weighted by molar-refractivity contribution is 5.48. The van der Waals surface area contributed by atoms with Crippen molar-refractivity contribution in [3.05, 3.63) is 71.7 Å². The average Bonchev–Trinajstić information content (AvgIpc) is 2.65. The summed E-state index contributed by atoms with van der Waals surface area (Å²) in [6.07, 6.45) is 2.68. The largest absolute Gasteiger partial charge is 0.438 e. The number of rotatable bonds is 4. The highest BCUT2D eigenvalue weighted by atomic mass is 16.5. The van der Waals surface area contributed by atoms with Gasteiger partial charge in [-0.2, -0.15) is 5.10 Å². The van der Waals surface area contributed by atoms with Gasteiger partial charge in [0, 0.05) is 55.3 Å². The zero-order chi connectivity index (χ0) is 17.1. The highest BCUT2D eigenvalue weighted by Gasteiger charge is 2.19. The number of ether oxygens (including phenoxy) is 1. The molecular weight excluding hydrogens is 314 g/mol. The summed E-state index contributed by atoms with van der Waals surface area (Å²) in [6, 6.07) is 15.2. The summed E-state index contributed by atoms with van der Waals surface area (Å²) < 4.78 is 5.67. The molecule has 0 radical (unpaired) electrons. The molecule has 1 aliphatic heterocycles. The number of anilines is 1. The van der Waals surface area contributed by atoms with Gasteiger partial charge in [-0.3, -0.25) is 9.88 Å². The second-order valence-electron chi connectivity index (χ2n) is 6.06. The molecule has 0 spiro atoms. The Morgan fingerprint density at radius 3 is 2.72 bits per heavy atom. The number of hydrogen-bond donors (Lipinski definition) is 1. The lowest BCUT2D eigenvalue weighted by molar-refractivity contribution is 0.240. The fourth-order valence-electron chi connectivity index (χ4n) is 2.98. The number of aromatic nitrogens is 3. The molecule has 0 fully saturated rings. The van der Waals surface area contributed by atoms with Crippen LogP contribution in [0.25, 0.3) is 0 Å². The topological polar surface area (TPSA) is 77.2 Å². The van der Waals surface area contributed by atoms with Crippen molar-refractivity contribution < 1.29 is 4.74 Å². The number of pyridine rings is 1. The van der Waals surface area contributed by atoms with E-state index in [4.69, 9.17) is 10.5 Å². The third-order valence-corrected chi connectivity index (χ3v) is 4.27.